The van der Waals surface area contributed by atoms with Gasteiger partial charge in [0.15, 0.2) is 16.6 Å². The molecule has 3 aromatic carbocycles. The molecule has 0 radical (unpaired) electrons. The van der Waals surface area contributed by atoms with Crippen LogP contribution in [0.3, 0.4) is 0 Å². The van der Waals surface area contributed by atoms with Crippen molar-refractivity contribution in [2.45, 2.75) is 46.6 Å². The number of hydrogen-bond donors (Lipinski definition) is 1. The van der Waals surface area contributed by atoms with Crippen LogP contribution in [0.1, 0.15) is 53.6 Å². The van der Waals surface area contributed by atoms with E-state index >= 15 is 0 Å². The summed E-state index contributed by atoms with van der Waals surface area (Å²) < 4.78 is 12.5. The van der Waals surface area contributed by atoms with Gasteiger partial charge < -0.3 is 14.6 Å². The number of benzene rings is 3. The van der Waals surface area contributed by atoms with Crippen LogP contribution in [-0.4, -0.2) is 35.5 Å². The Kier molecular flexibility index (Phi) is 7.63. The van der Waals surface area contributed by atoms with Crippen molar-refractivity contribution in [1.82, 2.24) is 4.98 Å². The van der Waals surface area contributed by atoms with Gasteiger partial charge in [0.1, 0.15) is 5.76 Å². The van der Waals surface area contributed by atoms with E-state index in [-0.39, 0.29) is 11.3 Å². The highest BCUT2D eigenvalue weighted by molar-refractivity contribution is 7.22. The van der Waals surface area contributed by atoms with Crippen LogP contribution in [0.15, 0.2) is 60.2 Å². The van der Waals surface area contributed by atoms with Crippen LogP contribution in [0.25, 0.3) is 16.0 Å². The number of nitrogens with zero attached hydrogens (tertiary/aromatic N) is 2. The number of carbonyl (C=O) groups is 2. The lowest BCUT2D eigenvalue weighted by atomic mass is 9.95. The van der Waals surface area contributed by atoms with Crippen LogP contribution >= 0.6 is 11.3 Å². The Morgan fingerprint density at radius 1 is 1.00 bits per heavy atom. The Labute approximate surface area is 237 Å². The largest absolute Gasteiger partial charge is 0.507 e. The van der Waals surface area contributed by atoms with Gasteiger partial charge >= 0.3 is 5.91 Å². The second-order valence-corrected chi connectivity index (χ2v) is 11.1. The van der Waals surface area contributed by atoms with Gasteiger partial charge in [0.25, 0.3) is 5.78 Å². The van der Waals surface area contributed by atoms with E-state index in [1.54, 1.807) is 37.4 Å². The second kappa shape index (κ2) is 11.1. The number of aryl methyl sites for hydroxylation is 3. The number of rotatable bonds is 8. The first-order valence-electron chi connectivity index (χ1n) is 13.3. The molecule has 1 amide bonds. The number of ketones is 1. The monoisotopic (exact) mass is 556 g/mol. The normalized spacial score (nSPS) is 16.6. The summed E-state index contributed by atoms with van der Waals surface area (Å²) in [5.41, 5.74) is 4.92. The lowest BCUT2D eigenvalue weighted by Gasteiger charge is -2.24. The molecule has 1 unspecified atom stereocenters. The summed E-state index contributed by atoms with van der Waals surface area (Å²) >= 11 is 1.35. The lowest BCUT2D eigenvalue weighted by molar-refractivity contribution is -0.132. The molecule has 1 aliphatic heterocycles. The first kappa shape index (κ1) is 27.4. The topological polar surface area (TPSA) is 89.0 Å². The first-order valence-corrected chi connectivity index (χ1v) is 14.1. The van der Waals surface area contributed by atoms with Crippen LogP contribution in [0.5, 0.6) is 11.5 Å². The van der Waals surface area contributed by atoms with Gasteiger partial charge in [-0.1, -0.05) is 66.6 Å². The molecule has 8 heteroatoms. The Morgan fingerprint density at radius 2 is 1.75 bits per heavy atom. The summed E-state index contributed by atoms with van der Waals surface area (Å²) in [7, 11) is 1.55. The van der Waals surface area contributed by atoms with Crippen LogP contribution < -0.4 is 14.4 Å². The fourth-order valence-corrected chi connectivity index (χ4v) is 6.14. The summed E-state index contributed by atoms with van der Waals surface area (Å²) in [6.45, 7) is 8.56. The minimum atomic E-state index is -0.915. The predicted octanol–water partition coefficient (Wildman–Crippen LogP) is 7.04. The maximum atomic E-state index is 13.7. The summed E-state index contributed by atoms with van der Waals surface area (Å²) in [6, 6.07) is 15.7. The quantitative estimate of drug-likeness (QED) is 0.108. The lowest BCUT2D eigenvalue weighted by Crippen LogP contribution is -2.29. The van der Waals surface area contributed by atoms with Gasteiger partial charge in [-0.2, -0.15) is 0 Å². The van der Waals surface area contributed by atoms with E-state index < -0.39 is 17.7 Å². The summed E-state index contributed by atoms with van der Waals surface area (Å²) in [4.78, 5) is 33.4. The third-order valence-corrected chi connectivity index (χ3v) is 8.05. The van der Waals surface area contributed by atoms with Gasteiger partial charge in [0, 0.05) is 5.56 Å². The third kappa shape index (κ3) is 4.95. The number of aliphatic hydroxyl groups excluding tert-OH is 1. The molecule has 4 aromatic rings. The summed E-state index contributed by atoms with van der Waals surface area (Å²) in [6.07, 6.45) is 1.90. The second-order valence-electron chi connectivity index (χ2n) is 10.1. The minimum absolute atomic E-state index is 0.00251. The maximum absolute atomic E-state index is 13.7. The van der Waals surface area contributed by atoms with Crippen LogP contribution in [0.4, 0.5) is 5.13 Å². The number of amides is 1. The molecule has 1 aliphatic rings. The maximum Gasteiger partial charge on any atom is 0.301 e. The zero-order valence-electron chi connectivity index (χ0n) is 23.3. The average molecular weight is 557 g/mol. The highest BCUT2D eigenvalue weighted by Crippen LogP contribution is 2.46. The van der Waals surface area contributed by atoms with Gasteiger partial charge in [0.05, 0.1) is 35.5 Å². The highest BCUT2D eigenvalue weighted by atomic mass is 32.1. The zero-order valence-corrected chi connectivity index (χ0v) is 24.1. The molecule has 0 bridgehead atoms. The summed E-state index contributed by atoms with van der Waals surface area (Å²) in [5, 5.41) is 11.8. The van der Waals surface area contributed by atoms with Crippen molar-refractivity contribution in [3.05, 3.63) is 88.0 Å². The number of aliphatic hydroxyl groups is 1. The molecular formula is C32H32N2O5S. The Balaban J connectivity index is 1.70. The Hall–Kier alpha value is -4.17. The smallest absolute Gasteiger partial charge is 0.301 e. The molecule has 1 aromatic heterocycles. The first-order chi connectivity index (χ1) is 19.2. The van der Waals surface area contributed by atoms with Crippen molar-refractivity contribution in [1.29, 1.82) is 0 Å². The average Bonchev–Trinajstić information content (AvgIpc) is 3.47. The molecule has 7 nitrogen and oxygen atoms in total. The molecule has 1 N–H and O–H groups in total. The van der Waals surface area contributed by atoms with Crippen molar-refractivity contribution in [2.24, 2.45) is 0 Å². The van der Waals surface area contributed by atoms with Crippen molar-refractivity contribution in [2.75, 3.05) is 18.6 Å². The Bertz CT molecular complexity index is 1640. The third-order valence-electron chi connectivity index (χ3n) is 7.05. The molecule has 40 heavy (non-hydrogen) atoms. The number of hydrogen-bond acceptors (Lipinski definition) is 7. The summed E-state index contributed by atoms with van der Waals surface area (Å²) in [5.74, 6) is -0.695. The van der Waals surface area contributed by atoms with Gasteiger partial charge in [-0.25, -0.2) is 4.98 Å². The van der Waals surface area contributed by atoms with Crippen molar-refractivity contribution >= 4 is 44.1 Å². The molecule has 5 rings (SSSR count). The number of aromatic nitrogens is 1. The van der Waals surface area contributed by atoms with E-state index in [2.05, 4.69) is 6.92 Å². The number of methoxy groups -OCH3 is 1. The molecule has 0 saturated carbocycles. The van der Waals surface area contributed by atoms with Crippen molar-refractivity contribution < 1.29 is 24.2 Å². The van der Waals surface area contributed by atoms with E-state index in [0.717, 1.165) is 39.7 Å². The number of anilines is 1. The number of fused-ring (bicyclic) bond motifs is 1. The van der Waals surface area contributed by atoms with E-state index in [1.165, 1.54) is 16.2 Å². The van der Waals surface area contributed by atoms with Crippen molar-refractivity contribution in [3.63, 3.8) is 0 Å². The van der Waals surface area contributed by atoms with E-state index in [0.29, 0.717) is 34.4 Å². The fourth-order valence-electron chi connectivity index (χ4n) is 4.97. The molecule has 0 aliphatic carbocycles. The number of Topliss-reactive ketones (excluding diaryl/α,β-unsaturated/α-hetero) is 1. The van der Waals surface area contributed by atoms with E-state index in [4.69, 9.17) is 14.5 Å². The van der Waals surface area contributed by atoms with Crippen LogP contribution in [0, 0.1) is 20.8 Å². The van der Waals surface area contributed by atoms with Gasteiger partial charge in [0.2, 0.25) is 0 Å². The number of unbranched alkanes of at least 4 members (excludes halogenated alkanes) is 1. The standard InChI is InChI=1S/C32H32N2O5S/c1-6-7-14-39-23-13-12-22(17-24(23)38-5)28-26(29(35)21-10-8-18(2)9-11-21)30(36)31(37)34(28)32-33-27-20(4)15-19(3)16-25(27)40-32/h8-13,15-17,28,35H,6-7,14H2,1-5H3/b29-26+. The fraction of sp³-hybridized carbons (Fsp3) is 0.281. The molecule has 1 fully saturated rings. The van der Waals surface area contributed by atoms with E-state index in [9.17, 15) is 14.7 Å². The van der Waals surface area contributed by atoms with Crippen molar-refractivity contribution in [3.8, 4) is 11.5 Å². The van der Waals surface area contributed by atoms with Crippen LogP contribution in [-0.2, 0) is 9.59 Å². The predicted molar refractivity (Wildman–Crippen MR) is 158 cm³/mol. The van der Waals surface area contributed by atoms with Crippen LogP contribution in [0.2, 0.25) is 0 Å². The molecule has 1 saturated heterocycles. The van der Waals surface area contributed by atoms with Gasteiger partial charge in [-0.05, 0) is 62.1 Å². The Morgan fingerprint density at radius 3 is 2.45 bits per heavy atom. The molecule has 2 heterocycles. The number of ether oxygens (including phenoxy) is 2. The highest BCUT2D eigenvalue weighted by Gasteiger charge is 2.48. The zero-order chi connectivity index (χ0) is 28.6. The number of carbonyl (C=O) groups excluding carboxylic acids is 2. The molecule has 1 atom stereocenters. The van der Waals surface area contributed by atoms with Gasteiger partial charge in [-0.3, -0.25) is 14.5 Å². The molecular weight excluding hydrogens is 524 g/mol. The minimum Gasteiger partial charge on any atom is -0.507 e. The molecule has 206 valence electrons. The van der Waals surface area contributed by atoms with Gasteiger partial charge in [-0.15, -0.1) is 0 Å². The van der Waals surface area contributed by atoms with E-state index in [1.807, 2.05) is 45.0 Å². The SMILES string of the molecule is CCCCOc1ccc(C2/C(=C(\O)c3ccc(C)cc3)C(=O)C(=O)N2c2nc3c(C)cc(C)cc3s2)cc1OC. The number of thiazole rings is 1. The molecule has 0 spiro atoms.